The van der Waals surface area contributed by atoms with Gasteiger partial charge in [0, 0.05) is 0 Å². The van der Waals surface area contributed by atoms with E-state index in [-0.39, 0.29) is 0 Å². The summed E-state index contributed by atoms with van der Waals surface area (Å²) in [5, 5.41) is 0. The van der Waals surface area contributed by atoms with Gasteiger partial charge in [-0.2, -0.15) is 4.99 Å². The Bertz CT molecular complexity index is 586. The van der Waals surface area contributed by atoms with Crippen LogP contribution >= 0.6 is 0 Å². The molecule has 1 aromatic rings. The molecule has 0 N–H and O–H groups in total. The van der Waals surface area contributed by atoms with Crippen LogP contribution in [0.4, 0.5) is 5.69 Å². The van der Waals surface area contributed by atoms with Crippen molar-refractivity contribution < 1.29 is 9.59 Å². The van der Waals surface area contributed by atoms with E-state index in [0.29, 0.717) is 12.2 Å². The average molecular weight is 342 g/mol. The molecule has 136 valence electrons. The van der Waals surface area contributed by atoms with Gasteiger partial charge in [-0.3, -0.25) is 0 Å². The van der Waals surface area contributed by atoms with Crippen LogP contribution in [0, 0.1) is 0 Å². The fraction of sp³-hybridized carbons (Fsp3) is 0.619. The maximum absolute atomic E-state index is 10.4. The van der Waals surface area contributed by atoms with Crippen LogP contribution in [0.1, 0.15) is 82.3 Å². The van der Waals surface area contributed by atoms with E-state index < -0.39 is 0 Å². The van der Waals surface area contributed by atoms with Crippen molar-refractivity contribution in [3.63, 3.8) is 0 Å². The largest absolute Gasteiger partial charge is 0.240 e. The predicted molar refractivity (Wildman–Crippen MR) is 102 cm³/mol. The molecule has 1 aromatic carbocycles. The second-order valence-corrected chi connectivity index (χ2v) is 6.50. The van der Waals surface area contributed by atoms with Gasteiger partial charge in [0.15, 0.2) is 0 Å². The minimum Gasteiger partial charge on any atom is -0.211 e. The molecule has 0 fully saturated rings. The van der Waals surface area contributed by atoms with Crippen LogP contribution in [0.2, 0.25) is 0 Å². The number of unbranched alkanes of at least 4 members (excludes halogenated alkanes) is 9. The standard InChI is InChI=1S/C21H30N2O2/c1-2-3-4-5-6-7-8-9-10-11-12-19-13-14-21(23-18-25)15-20(19)16-22-17-24/h13-15H,2-12,16H2,1H3. The van der Waals surface area contributed by atoms with Crippen molar-refractivity contribution in [1.29, 1.82) is 0 Å². The van der Waals surface area contributed by atoms with E-state index in [9.17, 15) is 9.59 Å². The first-order chi connectivity index (χ1) is 12.3. The predicted octanol–water partition coefficient (Wildman–Crippen LogP) is 5.95. The van der Waals surface area contributed by atoms with Crippen molar-refractivity contribution in [2.45, 2.75) is 84.1 Å². The number of isocyanates is 2. The molecular formula is C21H30N2O2. The first kappa shape index (κ1) is 21.0. The minimum absolute atomic E-state index is 0.290. The highest BCUT2D eigenvalue weighted by molar-refractivity contribution is 5.52. The number of hydrogen-bond acceptors (Lipinski definition) is 4. The summed E-state index contributed by atoms with van der Waals surface area (Å²) in [6.07, 6.45) is 17.2. The van der Waals surface area contributed by atoms with Gasteiger partial charge in [-0.05, 0) is 36.1 Å². The zero-order valence-electron chi connectivity index (χ0n) is 15.4. The van der Waals surface area contributed by atoms with Crippen molar-refractivity contribution in [1.82, 2.24) is 0 Å². The minimum atomic E-state index is 0.290. The second kappa shape index (κ2) is 14.3. The SMILES string of the molecule is CCCCCCCCCCCCc1ccc(N=C=O)cc1CN=C=O. The van der Waals surface area contributed by atoms with Crippen molar-refractivity contribution in [3.05, 3.63) is 29.3 Å². The lowest BCUT2D eigenvalue weighted by atomic mass is 9.99. The van der Waals surface area contributed by atoms with E-state index in [4.69, 9.17) is 0 Å². The van der Waals surface area contributed by atoms with Crippen LogP contribution in [-0.4, -0.2) is 12.2 Å². The first-order valence-corrected chi connectivity index (χ1v) is 9.55. The van der Waals surface area contributed by atoms with Crippen molar-refractivity contribution in [3.8, 4) is 0 Å². The molecular weight excluding hydrogens is 312 g/mol. The monoisotopic (exact) mass is 342 g/mol. The molecule has 0 aliphatic rings. The molecule has 0 unspecified atom stereocenters. The Morgan fingerprint density at radius 1 is 0.800 bits per heavy atom. The van der Waals surface area contributed by atoms with Gasteiger partial charge in [0.1, 0.15) is 0 Å². The lowest BCUT2D eigenvalue weighted by Crippen LogP contribution is -1.94. The van der Waals surface area contributed by atoms with Gasteiger partial charge in [0.25, 0.3) is 0 Å². The lowest BCUT2D eigenvalue weighted by molar-refractivity contribution is 0.556. The van der Waals surface area contributed by atoms with E-state index in [2.05, 4.69) is 16.9 Å². The highest BCUT2D eigenvalue weighted by Gasteiger charge is 2.04. The molecule has 0 amide bonds. The smallest absolute Gasteiger partial charge is 0.211 e. The highest BCUT2D eigenvalue weighted by atomic mass is 16.1. The summed E-state index contributed by atoms with van der Waals surface area (Å²) in [4.78, 5) is 28.0. The van der Waals surface area contributed by atoms with E-state index in [0.717, 1.165) is 18.4 Å². The summed E-state index contributed by atoms with van der Waals surface area (Å²) in [7, 11) is 0. The quantitative estimate of drug-likeness (QED) is 0.238. The molecule has 1 rings (SSSR count). The second-order valence-electron chi connectivity index (χ2n) is 6.50. The summed E-state index contributed by atoms with van der Waals surface area (Å²) in [6, 6.07) is 5.58. The van der Waals surface area contributed by atoms with Crippen LogP contribution in [0.3, 0.4) is 0 Å². The number of aryl methyl sites for hydroxylation is 1. The number of nitrogens with zero attached hydrogens (tertiary/aromatic N) is 2. The Kier molecular flexibility index (Phi) is 12.1. The molecule has 0 aliphatic carbocycles. The third kappa shape index (κ3) is 9.76. The third-order valence-electron chi connectivity index (χ3n) is 4.48. The van der Waals surface area contributed by atoms with E-state index in [1.807, 2.05) is 12.1 Å². The molecule has 25 heavy (non-hydrogen) atoms. The number of rotatable bonds is 14. The van der Waals surface area contributed by atoms with Gasteiger partial charge in [0.05, 0.1) is 12.2 Å². The maximum Gasteiger partial charge on any atom is 0.240 e. The Hall–Kier alpha value is -2.02. The molecule has 0 atom stereocenters. The zero-order valence-corrected chi connectivity index (χ0v) is 15.4. The van der Waals surface area contributed by atoms with Gasteiger partial charge in [-0.1, -0.05) is 70.8 Å². The fourth-order valence-corrected chi connectivity index (χ4v) is 3.05. The van der Waals surface area contributed by atoms with Crippen LogP contribution in [0.5, 0.6) is 0 Å². The van der Waals surface area contributed by atoms with Gasteiger partial charge >= 0.3 is 0 Å². The molecule has 0 aliphatic heterocycles. The molecule has 0 saturated carbocycles. The van der Waals surface area contributed by atoms with E-state index in [1.54, 1.807) is 18.2 Å². The van der Waals surface area contributed by atoms with Crippen molar-refractivity contribution in [2.24, 2.45) is 9.98 Å². The molecule has 0 aromatic heterocycles. The van der Waals surface area contributed by atoms with Crippen LogP contribution in [0.25, 0.3) is 0 Å². The third-order valence-corrected chi connectivity index (χ3v) is 4.48. The Morgan fingerprint density at radius 2 is 1.44 bits per heavy atom. The molecule has 0 saturated heterocycles. The Labute approximate surface area is 151 Å². The number of hydrogen-bond donors (Lipinski definition) is 0. The summed E-state index contributed by atoms with van der Waals surface area (Å²) in [5.41, 5.74) is 2.66. The van der Waals surface area contributed by atoms with Crippen LogP contribution in [0.15, 0.2) is 28.2 Å². The average Bonchev–Trinajstić information content (AvgIpc) is 2.63. The first-order valence-electron chi connectivity index (χ1n) is 9.55. The topological polar surface area (TPSA) is 58.9 Å². The fourth-order valence-electron chi connectivity index (χ4n) is 3.05. The number of benzene rings is 1. The summed E-state index contributed by atoms with van der Waals surface area (Å²) in [5.74, 6) is 0. The normalized spacial score (nSPS) is 10.1. The van der Waals surface area contributed by atoms with Crippen LogP contribution in [-0.2, 0) is 22.6 Å². The van der Waals surface area contributed by atoms with E-state index >= 15 is 0 Å². The summed E-state index contributed by atoms with van der Waals surface area (Å²) in [6.45, 7) is 2.54. The molecule has 4 heteroatoms. The molecule has 4 nitrogen and oxygen atoms in total. The highest BCUT2D eigenvalue weighted by Crippen LogP contribution is 2.21. The molecule has 0 heterocycles. The van der Waals surface area contributed by atoms with Gasteiger partial charge in [-0.15, -0.1) is 0 Å². The summed E-state index contributed by atoms with van der Waals surface area (Å²) >= 11 is 0. The lowest BCUT2D eigenvalue weighted by Gasteiger charge is -2.08. The molecule has 0 bridgehead atoms. The van der Waals surface area contributed by atoms with Crippen LogP contribution < -0.4 is 0 Å². The van der Waals surface area contributed by atoms with Crippen molar-refractivity contribution >= 4 is 17.8 Å². The van der Waals surface area contributed by atoms with Crippen molar-refractivity contribution in [2.75, 3.05) is 0 Å². The maximum atomic E-state index is 10.4. The number of carbonyl (C=O) groups excluding carboxylic acids is 2. The number of aliphatic imine (C=N–C) groups is 2. The Morgan fingerprint density at radius 3 is 2.04 bits per heavy atom. The zero-order chi connectivity index (χ0) is 18.2. The molecule has 0 radical (unpaired) electrons. The van der Waals surface area contributed by atoms with Gasteiger partial charge in [-0.25, -0.2) is 14.6 Å². The molecule has 0 spiro atoms. The van der Waals surface area contributed by atoms with E-state index in [1.165, 1.54) is 63.4 Å². The Balaban J connectivity index is 2.31. The van der Waals surface area contributed by atoms with Gasteiger partial charge in [0.2, 0.25) is 12.2 Å². The summed E-state index contributed by atoms with van der Waals surface area (Å²) < 4.78 is 0. The van der Waals surface area contributed by atoms with Gasteiger partial charge < -0.3 is 0 Å².